The third kappa shape index (κ3) is 1.57. The summed E-state index contributed by atoms with van der Waals surface area (Å²) in [4.78, 5) is 0. The summed E-state index contributed by atoms with van der Waals surface area (Å²) >= 11 is -1.05. The van der Waals surface area contributed by atoms with Crippen LogP contribution in [-0.2, 0) is 15.3 Å². The van der Waals surface area contributed by atoms with Crippen molar-refractivity contribution in [3.8, 4) is 0 Å². The van der Waals surface area contributed by atoms with Gasteiger partial charge in [-0.05, 0) is 6.42 Å². The van der Waals surface area contributed by atoms with Crippen LogP contribution in [0.2, 0.25) is 0 Å². The molecule has 1 rings (SSSR count). The van der Waals surface area contributed by atoms with E-state index in [2.05, 4.69) is 10.6 Å². The summed E-state index contributed by atoms with van der Waals surface area (Å²) in [5, 5.41) is 0. The second-order valence-corrected chi connectivity index (χ2v) is 2.40. The Hall–Kier alpha value is 0.110. The molecule has 1 aliphatic heterocycles. The molecule has 40 valence electrons. The largest absolute Gasteiger partial charge is 0.291 e. The molecule has 0 aliphatic carbocycles. The fraction of sp³-hybridized carbons (Fsp3) is 0.750. The van der Waals surface area contributed by atoms with Crippen LogP contribution in [-0.4, -0.2) is 16.6 Å². The highest BCUT2D eigenvalue weighted by Crippen LogP contribution is 2.01. The van der Waals surface area contributed by atoms with Gasteiger partial charge in [0, 0.05) is 6.42 Å². The molecule has 0 bridgehead atoms. The average molecular weight is 118 g/mol. The SMILES string of the molecule is O=S1C[C]CCO1. The summed E-state index contributed by atoms with van der Waals surface area (Å²) in [6.07, 6.45) is 3.73. The maximum Gasteiger partial charge on any atom is 0.156 e. The summed E-state index contributed by atoms with van der Waals surface area (Å²) < 4.78 is 15.0. The van der Waals surface area contributed by atoms with E-state index in [4.69, 9.17) is 0 Å². The van der Waals surface area contributed by atoms with Crippen molar-refractivity contribution in [2.45, 2.75) is 6.42 Å². The lowest BCUT2D eigenvalue weighted by atomic mass is 10.4. The van der Waals surface area contributed by atoms with Crippen LogP contribution in [0.15, 0.2) is 0 Å². The van der Waals surface area contributed by atoms with Crippen molar-refractivity contribution in [1.82, 2.24) is 0 Å². The van der Waals surface area contributed by atoms with Crippen LogP contribution in [0.3, 0.4) is 0 Å². The molecule has 0 spiro atoms. The topological polar surface area (TPSA) is 26.3 Å². The van der Waals surface area contributed by atoms with E-state index in [1.165, 1.54) is 0 Å². The Morgan fingerprint density at radius 3 is 2.86 bits per heavy atom. The van der Waals surface area contributed by atoms with E-state index in [1.807, 2.05) is 0 Å². The van der Waals surface area contributed by atoms with E-state index >= 15 is 0 Å². The van der Waals surface area contributed by atoms with Gasteiger partial charge in [-0.3, -0.25) is 4.18 Å². The molecule has 2 nitrogen and oxygen atoms in total. The molecule has 1 fully saturated rings. The minimum Gasteiger partial charge on any atom is -0.291 e. The Bertz CT molecular complexity index is 73.8. The molecule has 2 radical (unpaired) electrons. The molecule has 1 aliphatic rings. The van der Waals surface area contributed by atoms with Crippen LogP contribution >= 0.6 is 0 Å². The van der Waals surface area contributed by atoms with Gasteiger partial charge >= 0.3 is 0 Å². The third-order valence-corrected chi connectivity index (χ3v) is 1.58. The van der Waals surface area contributed by atoms with Gasteiger partial charge in [-0.15, -0.1) is 0 Å². The van der Waals surface area contributed by atoms with Crippen molar-refractivity contribution in [1.29, 1.82) is 0 Å². The minimum atomic E-state index is -1.05. The maximum absolute atomic E-state index is 10.3. The van der Waals surface area contributed by atoms with Crippen LogP contribution in [0.25, 0.3) is 0 Å². The third-order valence-electron chi connectivity index (χ3n) is 0.714. The first-order chi connectivity index (χ1) is 3.39. The molecule has 0 aromatic heterocycles. The van der Waals surface area contributed by atoms with Crippen LogP contribution < -0.4 is 0 Å². The Kier molecular flexibility index (Phi) is 1.82. The van der Waals surface area contributed by atoms with Gasteiger partial charge in [-0.2, -0.15) is 0 Å². The van der Waals surface area contributed by atoms with Gasteiger partial charge in [0.05, 0.1) is 12.4 Å². The van der Waals surface area contributed by atoms with E-state index in [0.717, 1.165) is 6.42 Å². The molecule has 1 saturated heterocycles. The lowest BCUT2D eigenvalue weighted by Gasteiger charge is -2.06. The minimum absolute atomic E-state index is 0.486. The second kappa shape index (κ2) is 2.43. The first-order valence-corrected chi connectivity index (χ1v) is 3.36. The molecule has 1 unspecified atom stereocenters. The van der Waals surface area contributed by atoms with Gasteiger partial charge < -0.3 is 0 Å². The van der Waals surface area contributed by atoms with E-state index in [1.54, 1.807) is 0 Å². The standard InChI is InChI=1S/C4H6O2S/c5-7-4-2-1-3-6-7/h1,3-4H2. The van der Waals surface area contributed by atoms with Crippen molar-refractivity contribution < 1.29 is 8.39 Å². The Balaban J connectivity index is 2.25. The van der Waals surface area contributed by atoms with Crippen molar-refractivity contribution in [2.24, 2.45) is 0 Å². The van der Waals surface area contributed by atoms with Gasteiger partial charge in [0.2, 0.25) is 0 Å². The van der Waals surface area contributed by atoms with Crippen LogP contribution in [0.5, 0.6) is 0 Å². The second-order valence-electron chi connectivity index (χ2n) is 1.27. The van der Waals surface area contributed by atoms with Crippen molar-refractivity contribution >= 4 is 11.1 Å². The number of hydrogen-bond acceptors (Lipinski definition) is 2. The summed E-state index contributed by atoms with van der Waals surface area (Å²) in [5.74, 6) is 0.486. The van der Waals surface area contributed by atoms with Gasteiger partial charge in [-0.1, -0.05) is 0 Å². The normalized spacial score (nSPS) is 32.9. The number of hydrogen-bond donors (Lipinski definition) is 0. The van der Waals surface area contributed by atoms with Gasteiger partial charge in [-0.25, -0.2) is 4.21 Å². The zero-order chi connectivity index (χ0) is 5.11. The smallest absolute Gasteiger partial charge is 0.156 e. The molecule has 0 amide bonds. The van der Waals surface area contributed by atoms with E-state index in [9.17, 15) is 4.21 Å². The highest BCUT2D eigenvalue weighted by Gasteiger charge is 2.05. The highest BCUT2D eigenvalue weighted by molar-refractivity contribution is 7.80. The van der Waals surface area contributed by atoms with Gasteiger partial charge in [0.15, 0.2) is 11.1 Å². The summed E-state index contributed by atoms with van der Waals surface area (Å²) in [7, 11) is 0. The summed E-state index contributed by atoms with van der Waals surface area (Å²) in [6, 6.07) is 0. The average Bonchev–Trinajstić information content (AvgIpc) is 1.69. The van der Waals surface area contributed by atoms with Crippen LogP contribution in [0.1, 0.15) is 6.42 Å². The molecule has 0 aromatic rings. The Morgan fingerprint density at radius 2 is 2.57 bits per heavy atom. The Morgan fingerprint density at radius 1 is 1.71 bits per heavy atom. The predicted molar refractivity (Wildman–Crippen MR) is 26.8 cm³/mol. The fourth-order valence-corrected chi connectivity index (χ4v) is 1.07. The molecule has 3 heteroatoms. The molecular weight excluding hydrogens is 112 g/mol. The van der Waals surface area contributed by atoms with E-state index in [-0.39, 0.29) is 0 Å². The van der Waals surface area contributed by atoms with Gasteiger partial charge in [0.1, 0.15) is 0 Å². The zero-order valence-corrected chi connectivity index (χ0v) is 4.66. The molecule has 0 N–H and O–H groups in total. The molecule has 0 saturated carbocycles. The van der Waals surface area contributed by atoms with Crippen LogP contribution in [0.4, 0.5) is 0 Å². The molecule has 1 atom stereocenters. The Labute approximate surface area is 45.5 Å². The first-order valence-electron chi connectivity index (χ1n) is 2.12. The monoisotopic (exact) mass is 118 g/mol. The first kappa shape index (κ1) is 5.25. The summed E-state index contributed by atoms with van der Waals surface area (Å²) in [6.45, 7) is 0.576. The molecule has 1 heterocycles. The van der Waals surface area contributed by atoms with E-state index in [0.29, 0.717) is 12.4 Å². The predicted octanol–water partition coefficient (Wildman–Crippen LogP) is 0.152. The quantitative estimate of drug-likeness (QED) is 0.452. The zero-order valence-electron chi connectivity index (χ0n) is 3.85. The summed E-state index contributed by atoms with van der Waals surface area (Å²) in [5.41, 5.74) is 0. The maximum atomic E-state index is 10.3. The molecular formula is C4H6O2S. The van der Waals surface area contributed by atoms with Gasteiger partial charge in [0.25, 0.3) is 0 Å². The molecule has 0 aromatic carbocycles. The fourth-order valence-electron chi connectivity index (χ4n) is 0.404. The van der Waals surface area contributed by atoms with E-state index < -0.39 is 11.1 Å². The lowest BCUT2D eigenvalue weighted by Crippen LogP contribution is -2.11. The number of rotatable bonds is 0. The van der Waals surface area contributed by atoms with Crippen molar-refractivity contribution in [3.63, 3.8) is 0 Å². The molecule has 7 heavy (non-hydrogen) atoms. The van der Waals surface area contributed by atoms with Crippen molar-refractivity contribution in [2.75, 3.05) is 12.4 Å². The van der Waals surface area contributed by atoms with Crippen molar-refractivity contribution in [3.05, 3.63) is 6.42 Å². The highest BCUT2D eigenvalue weighted by atomic mass is 32.2. The lowest BCUT2D eigenvalue weighted by molar-refractivity contribution is 0.339. The van der Waals surface area contributed by atoms with Crippen LogP contribution in [0, 0.1) is 6.42 Å².